The zero-order valence-corrected chi connectivity index (χ0v) is 23.7. The Kier molecular flexibility index (Phi) is 8.13. The Hall–Kier alpha value is -4.22. The highest BCUT2D eigenvalue weighted by atomic mass is 32.2. The van der Waals surface area contributed by atoms with E-state index in [1.165, 1.54) is 53.1 Å². The lowest BCUT2D eigenvalue weighted by molar-refractivity contribution is -0.132. The van der Waals surface area contributed by atoms with Crippen molar-refractivity contribution in [1.29, 1.82) is 0 Å². The first kappa shape index (κ1) is 27.4. The number of ketones is 1. The number of amides is 1. The Labute approximate surface area is 239 Å². The Bertz CT molecular complexity index is 1570. The van der Waals surface area contributed by atoms with Crippen molar-refractivity contribution < 1.29 is 24.2 Å². The van der Waals surface area contributed by atoms with Crippen LogP contribution in [0.1, 0.15) is 35.2 Å². The zero-order chi connectivity index (χ0) is 28.2. The van der Waals surface area contributed by atoms with E-state index >= 15 is 0 Å². The molecule has 2 aromatic heterocycles. The Morgan fingerprint density at radius 1 is 1.05 bits per heavy atom. The number of carbonyl (C=O) groups is 2. The Morgan fingerprint density at radius 3 is 2.50 bits per heavy atom. The number of anilines is 1. The number of benzene rings is 2. The molecule has 1 aliphatic heterocycles. The molecule has 0 bridgehead atoms. The molecule has 1 atom stereocenters. The minimum Gasteiger partial charge on any atom is -0.507 e. The molecule has 3 heterocycles. The van der Waals surface area contributed by atoms with E-state index in [2.05, 4.69) is 39.4 Å². The molecule has 2 aromatic carbocycles. The van der Waals surface area contributed by atoms with Crippen molar-refractivity contribution in [3.63, 3.8) is 0 Å². The van der Waals surface area contributed by atoms with Gasteiger partial charge in [-0.15, -0.1) is 10.2 Å². The largest absolute Gasteiger partial charge is 0.507 e. The molecule has 1 N–H and O–H groups in total. The van der Waals surface area contributed by atoms with Gasteiger partial charge in [-0.3, -0.25) is 19.5 Å². The average Bonchev–Trinajstić information content (AvgIpc) is 3.55. The normalized spacial score (nSPS) is 16.4. The molecule has 4 aromatic rings. The van der Waals surface area contributed by atoms with Crippen LogP contribution in [-0.4, -0.2) is 45.7 Å². The molecule has 40 heavy (non-hydrogen) atoms. The summed E-state index contributed by atoms with van der Waals surface area (Å²) in [6, 6.07) is 15.5. The SMILES string of the molecule is CCOc1ccc(C2C(=C(O)c3ccncc3)C(=O)C(=O)N2c2nnc(SCc3ccc(C)cc3)s2)cc1OC. The second-order valence-electron chi connectivity index (χ2n) is 8.87. The van der Waals surface area contributed by atoms with Crippen LogP contribution in [0.15, 0.2) is 76.9 Å². The molecule has 1 amide bonds. The van der Waals surface area contributed by atoms with Gasteiger partial charge in [0.15, 0.2) is 15.8 Å². The van der Waals surface area contributed by atoms with Crippen LogP contribution in [-0.2, 0) is 15.3 Å². The van der Waals surface area contributed by atoms with E-state index < -0.39 is 17.7 Å². The number of nitrogens with zero attached hydrogens (tertiary/aromatic N) is 4. The topological polar surface area (TPSA) is 115 Å². The van der Waals surface area contributed by atoms with Gasteiger partial charge in [-0.1, -0.05) is 59.0 Å². The second kappa shape index (κ2) is 11.9. The van der Waals surface area contributed by atoms with Gasteiger partial charge in [0.25, 0.3) is 5.78 Å². The van der Waals surface area contributed by atoms with E-state index in [9.17, 15) is 14.7 Å². The van der Waals surface area contributed by atoms with Gasteiger partial charge < -0.3 is 14.6 Å². The predicted molar refractivity (Wildman–Crippen MR) is 154 cm³/mol. The number of hydrogen-bond acceptors (Lipinski definition) is 10. The van der Waals surface area contributed by atoms with E-state index in [4.69, 9.17) is 9.47 Å². The van der Waals surface area contributed by atoms with Crippen LogP contribution >= 0.6 is 23.1 Å². The Balaban J connectivity index is 1.56. The molecule has 1 unspecified atom stereocenters. The number of methoxy groups -OCH3 is 1. The number of thioether (sulfide) groups is 1. The summed E-state index contributed by atoms with van der Waals surface area (Å²) < 4.78 is 11.8. The summed E-state index contributed by atoms with van der Waals surface area (Å²) in [4.78, 5) is 32.2. The number of rotatable bonds is 9. The highest BCUT2D eigenvalue weighted by Gasteiger charge is 2.48. The fraction of sp³-hybridized carbons (Fsp3) is 0.207. The summed E-state index contributed by atoms with van der Waals surface area (Å²) >= 11 is 2.70. The third-order valence-corrected chi connectivity index (χ3v) is 8.41. The third kappa shape index (κ3) is 5.43. The van der Waals surface area contributed by atoms with Gasteiger partial charge in [0.1, 0.15) is 5.76 Å². The lowest BCUT2D eigenvalue weighted by Crippen LogP contribution is -2.29. The van der Waals surface area contributed by atoms with Crippen molar-refractivity contribution in [2.45, 2.75) is 30.0 Å². The number of hydrogen-bond donors (Lipinski definition) is 1. The Morgan fingerprint density at radius 2 is 1.80 bits per heavy atom. The van der Waals surface area contributed by atoms with Gasteiger partial charge >= 0.3 is 5.91 Å². The number of pyridine rings is 1. The van der Waals surface area contributed by atoms with Crippen molar-refractivity contribution in [1.82, 2.24) is 15.2 Å². The van der Waals surface area contributed by atoms with Crippen LogP contribution in [0.4, 0.5) is 5.13 Å². The highest BCUT2D eigenvalue weighted by molar-refractivity contribution is 8.00. The highest BCUT2D eigenvalue weighted by Crippen LogP contribution is 2.45. The molecule has 0 spiro atoms. The third-order valence-electron chi connectivity index (χ3n) is 6.29. The smallest absolute Gasteiger partial charge is 0.301 e. The van der Waals surface area contributed by atoms with Crippen molar-refractivity contribution in [2.75, 3.05) is 18.6 Å². The first-order chi connectivity index (χ1) is 19.4. The summed E-state index contributed by atoms with van der Waals surface area (Å²) in [5.74, 6) is -0.309. The molecule has 1 fully saturated rings. The summed E-state index contributed by atoms with van der Waals surface area (Å²) in [7, 11) is 1.51. The monoisotopic (exact) mass is 574 g/mol. The molecule has 0 radical (unpaired) electrons. The molecule has 0 aliphatic carbocycles. The fourth-order valence-electron chi connectivity index (χ4n) is 4.33. The van der Waals surface area contributed by atoms with Crippen LogP contribution < -0.4 is 14.4 Å². The first-order valence-electron chi connectivity index (χ1n) is 12.4. The van der Waals surface area contributed by atoms with Crippen molar-refractivity contribution in [3.8, 4) is 11.5 Å². The van der Waals surface area contributed by atoms with Crippen LogP contribution in [0.2, 0.25) is 0 Å². The number of Topliss-reactive ketones (excluding diaryl/α,β-unsaturated/α-hetero) is 1. The van der Waals surface area contributed by atoms with Gasteiger partial charge in [0.05, 0.1) is 25.3 Å². The summed E-state index contributed by atoms with van der Waals surface area (Å²) in [6.07, 6.45) is 3.00. The van der Waals surface area contributed by atoms with E-state index in [0.717, 1.165) is 5.56 Å². The molecule has 11 heteroatoms. The molecule has 5 rings (SSSR count). The van der Waals surface area contributed by atoms with E-state index in [1.54, 1.807) is 30.3 Å². The molecule has 1 aliphatic rings. The average molecular weight is 575 g/mol. The maximum absolute atomic E-state index is 13.5. The second-order valence-corrected chi connectivity index (χ2v) is 11.1. The van der Waals surface area contributed by atoms with Crippen molar-refractivity contribution >= 4 is 45.7 Å². The lowest BCUT2D eigenvalue weighted by atomic mass is 9.95. The minimum absolute atomic E-state index is 0.0635. The minimum atomic E-state index is -0.972. The lowest BCUT2D eigenvalue weighted by Gasteiger charge is -2.23. The number of aromatic nitrogens is 3. The summed E-state index contributed by atoms with van der Waals surface area (Å²) in [5, 5.41) is 20.1. The van der Waals surface area contributed by atoms with Crippen molar-refractivity contribution in [2.24, 2.45) is 0 Å². The summed E-state index contributed by atoms with van der Waals surface area (Å²) in [6.45, 7) is 4.33. The quantitative estimate of drug-likeness (QED) is 0.0901. The van der Waals surface area contributed by atoms with Crippen LogP contribution in [0.5, 0.6) is 11.5 Å². The number of aliphatic hydroxyl groups is 1. The molecule has 1 saturated heterocycles. The van der Waals surface area contributed by atoms with Gasteiger partial charge in [-0.25, -0.2) is 0 Å². The van der Waals surface area contributed by atoms with E-state index in [-0.39, 0.29) is 16.5 Å². The maximum Gasteiger partial charge on any atom is 0.301 e. The predicted octanol–water partition coefficient (Wildman–Crippen LogP) is 5.57. The van der Waals surface area contributed by atoms with Gasteiger partial charge in [0.2, 0.25) is 5.13 Å². The number of ether oxygens (including phenoxy) is 2. The van der Waals surface area contributed by atoms with Gasteiger partial charge in [-0.05, 0) is 49.2 Å². The first-order valence-corrected chi connectivity index (χ1v) is 14.3. The molecular formula is C29H26N4O5S2. The van der Waals surface area contributed by atoms with E-state index in [0.29, 0.717) is 39.3 Å². The van der Waals surface area contributed by atoms with Crippen LogP contribution in [0, 0.1) is 6.92 Å². The van der Waals surface area contributed by atoms with Gasteiger partial charge in [0, 0.05) is 23.7 Å². The van der Waals surface area contributed by atoms with Crippen LogP contribution in [0.3, 0.4) is 0 Å². The molecule has 0 saturated carbocycles. The summed E-state index contributed by atoms with van der Waals surface area (Å²) in [5.41, 5.74) is 3.15. The zero-order valence-electron chi connectivity index (χ0n) is 22.0. The number of carbonyl (C=O) groups excluding carboxylic acids is 2. The number of aryl methyl sites for hydroxylation is 1. The van der Waals surface area contributed by atoms with E-state index in [1.807, 2.05) is 13.8 Å². The van der Waals surface area contributed by atoms with Crippen LogP contribution in [0.25, 0.3) is 5.76 Å². The van der Waals surface area contributed by atoms with Gasteiger partial charge in [-0.2, -0.15) is 0 Å². The number of aliphatic hydroxyl groups excluding tert-OH is 1. The molecular weight excluding hydrogens is 548 g/mol. The standard InChI is InChI=1S/C29H26N4O5S2/c1-4-38-21-10-9-20(15-22(21)37-3)24-23(25(34)19-11-13-30-14-12-19)26(35)27(36)33(24)28-31-32-29(40-28)39-16-18-7-5-17(2)6-8-18/h5-15,24,34H,4,16H2,1-3H3. The fourth-order valence-corrected chi connectivity index (χ4v) is 6.15. The maximum atomic E-state index is 13.5. The molecule has 9 nitrogen and oxygen atoms in total. The molecule has 204 valence electrons. The van der Waals surface area contributed by atoms with Crippen molar-refractivity contribution in [3.05, 3.63) is 94.8 Å².